The van der Waals surface area contributed by atoms with E-state index in [1.54, 1.807) is 13.8 Å². The zero-order chi connectivity index (χ0) is 24.8. The van der Waals surface area contributed by atoms with Gasteiger partial charge in [0.25, 0.3) is 0 Å². The molecule has 2 atom stereocenters. The molecule has 0 bridgehead atoms. The van der Waals surface area contributed by atoms with Gasteiger partial charge in [0.05, 0.1) is 18.1 Å². The van der Waals surface area contributed by atoms with Crippen LogP contribution in [-0.2, 0) is 28.7 Å². The summed E-state index contributed by atoms with van der Waals surface area (Å²) in [5.74, 6) is -0.948. The van der Waals surface area contributed by atoms with Crippen molar-refractivity contribution in [2.75, 3.05) is 26.4 Å². The number of esters is 2. The van der Waals surface area contributed by atoms with Gasteiger partial charge in [-0.2, -0.15) is 0 Å². The Bertz CT molecular complexity index is 619. The van der Waals surface area contributed by atoms with Crippen molar-refractivity contribution in [1.82, 2.24) is 5.32 Å². The van der Waals surface area contributed by atoms with Crippen LogP contribution in [0.15, 0.2) is 12.2 Å². The predicted molar refractivity (Wildman–Crippen MR) is 120 cm³/mol. The minimum atomic E-state index is -0.816. The van der Waals surface area contributed by atoms with E-state index in [4.69, 9.17) is 19.1 Å². The summed E-state index contributed by atoms with van der Waals surface area (Å²) >= 11 is 0. The first-order valence-electron chi connectivity index (χ1n) is 11.1. The highest BCUT2D eigenvalue weighted by Crippen LogP contribution is 2.42. The fraction of sp³-hybridized carbons (Fsp3) is 0.783. The van der Waals surface area contributed by atoms with Crippen LogP contribution in [0.4, 0.5) is 4.79 Å². The van der Waals surface area contributed by atoms with Crippen LogP contribution in [0.25, 0.3) is 0 Å². The summed E-state index contributed by atoms with van der Waals surface area (Å²) in [5, 5.41) is 11.8. The second kappa shape index (κ2) is 14.8. The maximum Gasteiger partial charge on any atom is 0.407 e. The first-order valence-corrected chi connectivity index (χ1v) is 11.1. The van der Waals surface area contributed by atoms with E-state index >= 15 is 0 Å². The van der Waals surface area contributed by atoms with E-state index in [2.05, 4.69) is 18.8 Å². The molecule has 9 nitrogen and oxygen atoms in total. The van der Waals surface area contributed by atoms with E-state index in [-0.39, 0.29) is 38.0 Å². The summed E-state index contributed by atoms with van der Waals surface area (Å²) in [6.45, 7) is 14.5. The fourth-order valence-electron chi connectivity index (χ4n) is 3.40. The molecule has 0 heterocycles. The fourth-order valence-corrected chi connectivity index (χ4v) is 3.40. The highest BCUT2D eigenvalue weighted by Gasteiger charge is 2.42. The van der Waals surface area contributed by atoms with Gasteiger partial charge in [-0.15, -0.1) is 0 Å². The summed E-state index contributed by atoms with van der Waals surface area (Å²) < 4.78 is 15.1. The third kappa shape index (κ3) is 10.9. The number of amides is 1. The van der Waals surface area contributed by atoms with Crippen molar-refractivity contribution in [2.45, 2.75) is 79.8 Å². The largest absolute Gasteiger partial charge is 0.462 e. The molecule has 0 fully saturated rings. The Hall–Kier alpha value is -2.13. The Morgan fingerprint density at radius 1 is 1.03 bits per heavy atom. The Labute approximate surface area is 191 Å². The van der Waals surface area contributed by atoms with Gasteiger partial charge in [-0.3, -0.25) is 10.1 Å². The zero-order valence-corrected chi connectivity index (χ0v) is 20.5. The normalized spacial score (nSPS) is 14.1. The second-order valence-corrected chi connectivity index (χ2v) is 8.92. The van der Waals surface area contributed by atoms with Crippen molar-refractivity contribution in [3.63, 3.8) is 0 Å². The number of alkyl carbamates (subject to hydrolysis) is 1. The summed E-state index contributed by atoms with van der Waals surface area (Å²) in [4.78, 5) is 40.2. The topological polar surface area (TPSA) is 120 Å². The lowest BCUT2D eigenvalue weighted by Crippen LogP contribution is -2.41. The quantitative estimate of drug-likeness (QED) is 0.0877. The second-order valence-electron chi connectivity index (χ2n) is 8.92. The van der Waals surface area contributed by atoms with Crippen LogP contribution < -0.4 is 5.32 Å². The van der Waals surface area contributed by atoms with E-state index in [9.17, 15) is 19.6 Å². The van der Waals surface area contributed by atoms with Gasteiger partial charge in [-0.25, -0.2) is 14.5 Å². The lowest BCUT2D eigenvalue weighted by molar-refractivity contribution is -0.307. The molecule has 186 valence electrons. The molecule has 32 heavy (non-hydrogen) atoms. The van der Waals surface area contributed by atoms with Gasteiger partial charge in [-0.1, -0.05) is 40.2 Å². The number of unbranched alkanes of at least 4 members (excludes halogenated alkanes) is 1. The summed E-state index contributed by atoms with van der Waals surface area (Å²) in [7, 11) is 0. The molecule has 2 N–H and O–H groups in total. The summed E-state index contributed by atoms with van der Waals surface area (Å²) in [6.07, 6.45) is 2.72. The van der Waals surface area contributed by atoms with Crippen molar-refractivity contribution in [1.29, 1.82) is 0 Å². The van der Waals surface area contributed by atoms with Gasteiger partial charge < -0.3 is 19.5 Å². The number of hydrogen-bond donors (Lipinski definition) is 2. The van der Waals surface area contributed by atoms with Crippen LogP contribution in [0.2, 0.25) is 0 Å². The van der Waals surface area contributed by atoms with Gasteiger partial charge >= 0.3 is 18.0 Å². The maximum absolute atomic E-state index is 12.6. The van der Waals surface area contributed by atoms with Crippen LogP contribution in [0, 0.1) is 10.8 Å². The molecule has 9 heteroatoms. The van der Waals surface area contributed by atoms with E-state index in [0.717, 1.165) is 19.3 Å². The first-order chi connectivity index (χ1) is 14.9. The number of carbonyl (C=O) groups is 3. The number of carbonyl (C=O) groups excluding carboxylic acids is 3. The van der Waals surface area contributed by atoms with E-state index < -0.39 is 28.9 Å². The molecule has 1 amide bonds. The van der Waals surface area contributed by atoms with Crippen LogP contribution in [0.5, 0.6) is 0 Å². The molecule has 0 aliphatic heterocycles. The molecule has 0 rings (SSSR count). The lowest BCUT2D eigenvalue weighted by Gasteiger charge is -2.40. The van der Waals surface area contributed by atoms with Crippen LogP contribution in [0.1, 0.15) is 73.6 Å². The smallest absolute Gasteiger partial charge is 0.407 e. The molecule has 0 aromatic heterocycles. The molecular formula is C23H41NO8. The Kier molecular flexibility index (Phi) is 13.9. The van der Waals surface area contributed by atoms with Crippen LogP contribution in [-0.4, -0.2) is 55.8 Å². The van der Waals surface area contributed by atoms with E-state index in [1.807, 2.05) is 13.8 Å². The third-order valence-corrected chi connectivity index (χ3v) is 5.43. The molecule has 0 saturated heterocycles. The molecule has 0 saturated carbocycles. The number of nitrogens with one attached hydrogen (secondary N) is 1. The van der Waals surface area contributed by atoms with Gasteiger partial charge in [0.15, 0.2) is 0 Å². The van der Waals surface area contributed by atoms with Crippen molar-refractivity contribution in [3.8, 4) is 0 Å². The van der Waals surface area contributed by atoms with Crippen molar-refractivity contribution >= 4 is 18.0 Å². The van der Waals surface area contributed by atoms with Crippen molar-refractivity contribution in [3.05, 3.63) is 12.2 Å². The standard InChI is InChI=1S/C23H41NO8/c1-8-10-11-18(32-28)23(7,9-2)16-22(5,6)20(26)30-14-15-31-21(27)24-12-13-29-19(25)17(3)4/h18,28H,3,8-16H2,1-2,4-7H3,(H,24,27). The summed E-state index contributed by atoms with van der Waals surface area (Å²) in [6, 6.07) is 0. The van der Waals surface area contributed by atoms with Crippen LogP contribution in [0.3, 0.4) is 0 Å². The predicted octanol–water partition coefficient (Wildman–Crippen LogP) is 4.26. The Morgan fingerprint density at radius 2 is 1.66 bits per heavy atom. The molecule has 0 aliphatic carbocycles. The van der Waals surface area contributed by atoms with E-state index in [0.29, 0.717) is 12.8 Å². The highest BCUT2D eigenvalue weighted by atomic mass is 17.1. The molecule has 0 aliphatic rings. The molecule has 2 unspecified atom stereocenters. The van der Waals surface area contributed by atoms with Gasteiger partial charge in [-0.05, 0) is 45.4 Å². The van der Waals surface area contributed by atoms with Gasteiger partial charge in [0.1, 0.15) is 19.8 Å². The monoisotopic (exact) mass is 459 g/mol. The number of hydrogen-bond acceptors (Lipinski definition) is 8. The average molecular weight is 460 g/mol. The SMILES string of the molecule is C=C(C)C(=O)OCCNC(=O)OCCOC(=O)C(C)(C)CC(C)(CC)C(CCCC)OO. The first kappa shape index (κ1) is 29.9. The van der Waals surface area contributed by atoms with Gasteiger partial charge in [0.2, 0.25) is 0 Å². The summed E-state index contributed by atoms with van der Waals surface area (Å²) in [5.41, 5.74) is -0.948. The molecule has 0 radical (unpaired) electrons. The molecule has 0 aromatic rings. The van der Waals surface area contributed by atoms with Gasteiger partial charge in [0, 0.05) is 5.57 Å². The van der Waals surface area contributed by atoms with Crippen molar-refractivity contribution in [2.24, 2.45) is 10.8 Å². The minimum Gasteiger partial charge on any atom is -0.462 e. The lowest BCUT2D eigenvalue weighted by atomic mass is 9.68. The third-order valence-electron chi connectivity index (χ3n) is 5.43. The Morgan fingerprint density at radius 3 is 2.19 bits per heavy atom. The minimum absolute atomic E-state index is 0.00301. The van der Waals surface area contributed by atoms with E-state index in [1.165, 1.54) is 6.92 Å². The molecular weight excluding hydrogens is 418 g/mol. The molecule has 0 spiro atoms. The zero-order valence-electron chi connectivity index (χ0n) is 20.5. The Balaban J connectivity index is 4.43. The molecule has 0 aromatic carbocycles. The van der Waals surface area contributed by atoms with Crippen LogP contribution >= 0.6 is 0 Å². The maximum atomic E-state index is 12.6. The number of rotatable bonds is 16. The average Bonchev–Trinajstić information content (AvgIpc) is 2.73. The highest BCUT2D eigenvalue weighted by molar-refractivity contribution is 5.86. The number of ether oxygens (including phenoxy) is 3. The van der Waals surface area contributed by atoms with Crippen molar-refractivity contribution < 1.29 is 38.7 Å².